The Hall–Kier alpha value is -1.38. The number of fused-ring (bicyclic) bond motifs is 1. The second-order valence-corrected chi connectivity index (χ2v) is 8.29. The first-order chi connectivity index (χ1) is 11.3. The molecule has 0 unspecified atom stereocenters. The maximum absolute atomic E-state index is 12.9. The predicted octanol–water partition coefficient (Wildman–Crippen LogP) is 4.41. The third-order valence-electron chi connectivity index (χ3n) is 4.08. The van der Waals surface area contributed by atoms with Gasteiger partial charge >= 0.3 is 6.09 Å². The molecule has 1 amide bonds. The fourth-order valence-electron chi connectivity index (χ4n) is 3.04. The molecule has 0 spiro atoms. The quantitative estimate of drug-likeness (QED) is 0.647. The maximum atomic E-state index is 12.9. The number of carbonyl (C=O) groups is 1. The van der Waals surface area contributed by atoms with Gasteiger partial charge in [0.2, 0.25) is 0 Å². The summed E-state index contributed by atoms with van der Waals surface area (Å²) in [5.74, 6) is 0.625. The van der Waals surface area contributed by atoms with Crippen molar-refractivity contribution in [3.05, 3.63) is 22.0 Å². The molecule has 0 N–H and O–H groups in total. The van der Waals surface area contributed by atoms with Gasteiger partial charge in [-0.1, -0.05) is 19.3 Å². The summed E-state index contributed by atoms with van der Waals surface area (Å²) >= 11 is 2.19. The number of amides is 1. The second kappa shape index (κ2) is 6.85. The second-order valence-electron chi connectivity index (χ2n) is 7.18. The van der Waals surface area contributed by atoms with E-state index in [4.69, 9.17) is 4.74 Å². The van der Waals surface area contributed by atoms with Crippen LogP contribution >= 0.6 is 22.6 Å². The molecule has 0 saturated heterocycles. The van der Waals surface area contributed by atoms with Crippen LogP contribution in [-0.4, -0.2) is 32.3 Å². The first-order valence-electron chi connectivity index (χ1n) is 8.38. The summed E-state index contributed by atoms with van der Waals surface area (Å²) < 4.78 is 8.33. The van der Waals surface area contributed by atoms with E-state index in [1.807, 2.05) is 32.9 Å². The van der Waals surface area contributed by atoms with Crippen molar-refractivity contribution >= 4 is 40.1 Å². The molecule has 0 bridgehead atoms. The fraction of sp³-hybridized carbons (Fsp3) is 0.588. The van der Waals surface area contributed by atoms with E-state index in [0.717, 1.165) is 35.0 Å². The van der Waals surface area contributed by atoms with Crippen LogP contribution in [-0.2, 0) is 4.74 Å². The normalized spacial score (nSPS) is 16.3. The van der Waals surface area contributed by atoms with E-state index in [1.165, 1.54) is 6.42 Å². The van der Waals surface area contributed by atoms with E-state index in [2.05, 4.69) is 32.7 Å². The summed E-state index contributed by atoms with van der Waals surface area (Å²) in [5, 5.41) is 4.63. The van der Waals surface area contributed by atoms with Gasteiger partial charge < -0.3 is 4.74 Å². The lowest BCUT2D eigenvalue weighted by Gasteiger charge is -2.34. The molecule has 2 heterocycles. The van der Waals surface area contributed by atoms with Crippen LogP contribution in [0.1, 0.15) is 52.9 Å². The standard InChI is InChI=1S/C17H23IN4O2/c1-17(2,3)24-16(23)21(12-7-5-4-6-8-12)15-10-9-14-19-11-13(18)22(14)20-15/h9-12H,4-8H2,1-3H3. The number of carbonyl (C=O) groups excluding carboxylic acids is 1. The highest BCUT2D eigenvalue weighted by atomic mass is 127. The molecule has 2 aromatic heterocycles. The Bertz CT molecular complexity index is 732. The molecular weight excluding hydrogens is 419 g/mol. The molecular formula is C17H23IN4O2. The lowest BCUT2D eigenvalue weighted by Crippen LogP contribution is -2.45. The van der Waals surface area contributed by atoms with Crippen molar-refractivity contribution in [1.29, 1.82) is 0 Å². The molecule has 1 saturated carbocycles. The van der Waals surface area contributed by atoms with Crippen LogP contribution in [0.25, 0.3) is 5.65 Å². The minimum Gasteiger partial charge on any atom is -0.443 e. The van der Waals surface area contributed by atoms with Gasteiger partial charge in [-0.15, -0.1) is 5.10 Å². The maximum Gasteiger partial charge on any atom is 0.416 e. The zero-order valence-corrected chi connectivity index (χ0v) is 16.5. The molecule has 130 valence electrons. The SMILES string of the molecule is CC(C)(C)OC(=O)N(c1ccc2ncc(I)n2n1)C1CCCCC1. The van der Waals surface area contributed by atoms with Crippen LogP contribution in [0.3, 0.4) is 0 Å². The van der Waals surface area contributed by atoms with Gasteiger partial charge in [-0.2, -0.15) is 0 Å². The number of nitrogens with zero attached hydrogens (tertiary/aromatic N) is 4. The summed E-state index contributed by atoms with van der Waals surface area (Å²) in [4.78, 5) is 18.9. The number of hydrogen-bond donors (Lipinski definition) is 0. The van der Waals surface area contributed by atoms with Crippen LogP contribution in [0.2, 0.25) is 0 Å². The molecule has 0 aromatic carbocycles. The molecule has 2 aromatic rings. The Morgan fingerprint density at radius 2 is 2.00 bits per heavy atom. The number of hydrogen-bond acceptors (Lipinski definition) is 4. The summed E-state index contributed by atoms with van der Waals surface area (Å²) in [6.07, 6.45) is 6.91. The van der Waals surface area contributed by atoms with Crippen LogP contribution in [0.15, 0.2) is 18.3 Å². The highest BCUT2D eigenvalue weighted by molar-refractivity contribution is 14.1. The fourth-order valence-corrected chi connectivity index (χ4v) is 3.54. The zero-order chi connectivity index (χ0) is 17.3. The van der Waals surface area contributed by atoms with E-state index in [-0.39, 0.29) is 12.1 Å². The van der Waals surface area contributed by atoms with Gasteiger partial charge in [-0.3, -0.25) is 4.90 Å². The molecule has 1 aliphatic rings. The van der Waals surface area contributed by atoms with Crippen LogP contribution < -0.4 is 4.90 Å². The lowest BCUT2D eigenvalue weighted by molar-refractivity contribution is 0.0556. The van der Waals surface area contributed by atoms with Gasteiger partial charge in [0, 0.05) is 6.04 Å². The van der Waals surface area contributed by atoms with E-state index < -0.39 is 5.60 Å². The van der Waals surface area contributed by atoms with Gasteiger partial charge in [0.15, 0.2) is 11.5 Å². The first kappa shape index (κ1) is 17.4. The molecule has 3 rings (SSSR count). The monoisotopic (exact) mass is 442 g/mol. The Kier molecular flexibility index (Phi) is 4.98. The zero-order valence-electron chi connectivity index (χ0n) is 14.3. The van der Waals surface area contributed by atoms with E-state index in [1.54, 1.807) is 15.6 Å². The minimum atomic E-state index is -0.530. The molecule has 1 fully saturated rings. The lowest BCUT2D eigenvalue weighted by atomic mass is 9.94. The van der Waals surface area contributed by atoms with Crippen molar-refractivity contribution in [1.82, 2.24) is 14.6 Å². The summed E-state index contributed by atoms with van der Waals surface area (Å²) in [7, 11) is 0. The van der Waals surface area contributed by atoms with Crippen molar-refractivity contribution in [2.24, 2.45) is 0 Å². The van der Waals surface area contributed by atoms with E-state index in [0.29, 0.717) is 5.82 Å². The largest absolute Gasteiger partial charge is 0.443 e. The topological polar surface area (TPSA) is 59.7 Å². The number of rotatable bonds is 2. The van der Waals surface area contributed by atoms with Gasteiger partial charge in [0.25, 0.3) is 0 Å². The van der Waals surface area contributed by atoms with E-state index in [9.17, 15) is 4.79 Å². The molecule has 0 aliphatic heterocycles. The first-order valence-corrected chi connectivity index (χ1v) is 9.45. The Morgan fingerprint density at radius 1 is 1.29 bits per heavy atom. The van der Waals surface area contributed by atoms with Crippen molar-refractivity contribution in [3.63, 3.8) is 0 Å². The van der Waals surface area contributed by atoms with E-state index >= 15 is 0 Å². The average Bonchev–Trinajstić information content (AvgIpc) is 2.88. The predicted molar refractivity (Wildman–Crippen MR) is 101 cm³/mol. The minimum absolute atomic E-state index is 0.139. The highest BCUT2D eigenvalue weighted by Crippen LogP contribution is 2.28. The number of anilines is 1. The molecule has 0 atom stereocenters. The summed E-state index contributed by atoms with van der Waals surface area (Å²) in [6, 6.07) is 3.89. The molecule has 7 heteroatoms. The molecule has 1 aliphatic carbocycles. The van der Waals surface area contributed by atoms with Crippen molar-refractivity contribution in [2.45, 2.75) is 64.5 Å². The molecule has 6 nitrogen and oxygen atoms in total. The molecule has 0 radical (unpaired) electrons. The Labute approximate surface area is 155 Å². The van der Waals surface area contributed by atoms with Crippen molar-refractivity contribution < 1.29 is 9.53 Å². The van der Waals surface area contributed by atoms with Crippen LogP contribution in [0.4, 0.5) is 10.6 Å². The number of aromatic nitrogens is 3. The van der Waals surface area contributed by atoms with Gasteiger partial charge in [-0.05, 0) is 68.3 Å². The molecule has 24 heavy (non-hydrogen) atoms. The summed E-state index contributed by atoms with van der Waals surface area (Å²) in [5.41, 5.74) is 0.244. The van der Waals surface area contributed by atoms with Gasteiger partial charge in [-0.25, -0.2) is 14.3 Å². The van der Waals surface area contributed by atoms with Gasteiger partial charge in [0.1, 0.15) is 9.30 Å². The smallest absolute Gasteiger partial charge is 0.416 e. The third kappa shape index (κ3) is 3.81. The number of imidazole rings is 1. The van der Waals surface area contributed by atoms with Crippen LogP contribution in [0, 0.1) is 3.70 Å². The Morgan fingerprint density at radius 3 is 2.67 bits per heavy atom. The third-order valence-corrected chi connectivity index (χ3v) is 4.82. The number of ether oxygens (including phenoxy) is 1. The van der Waals surface area contributed by atoms with Gasteiger partial charge in [0.05, 0.1) is 6.20 Å². The highest BCUT2D eigenvalue weighted by Gasteiger charge is 2.32. The number of halogens is 1. The van der Waals surface area contributed by atoms with Crippen molar-refractivity contribution in [3.8, 4) is 0 Å². The summed E-state index contributed by atoms with van der Waals surface area (Å²) in [6.45, 7) is 5.66. The average molecular weight is 442 g/mol. The Balaban J connectivity index is 1.98. The van der Waals surface area contributed by atoms with Crippen molar-refractivity contribution in [2.75, 3.05) is 4.90 Å². The van der Waals surface area contributed by atoms with Crippen LogP contribution in [0.5, 0.6) is 0 Å².